The summed E-state index contributed by atoms with van der Waals surface area (Å²) >= 11 is 0. The minimum atomic E-state index is -0.459. The Balaban J connectivity index is 1.95. The maximum Gasteiger partial charge on any atom is 0.410 e. The molecule has 0 aliphatic carbocycles. The highest BCUT2D eigenvalue weighted by molar-refractivity contribution is 5.68. The standard InChI is InChI=1S/C14H24N4O2/c1-11-8-15-12(9-17-7-5-6-16-17)10-18(11)13(19)20-14(2,3)4/h5-7,11-12,15H,8-10H2,1-4H3/t11-,12+/m1/s1. The van der Waals surface area contributed by atoms with E-state index in [1.807, 2.05) is 44.6 Å². The van der Waals surface area contributed by atoms with Crippen LogP contribution in [0.2, 0.25) is 0 Å². The quantitative estimate of drug-likeness (QED) is 0.891. The molecule has 20 heavy (non-hydrogen) atoms. The summed E-state index contributed by atoms with van der Waals surface area (Å²) in [4.78, 5) is 14.0. The summed E-state index contributed by atoms with van der Waals surface area (Å²) in [5.74, 6) is 0. The van der Waals surface area contributed by atoms with Gasteiger partial charge in [0.05, 0.1) is 6.54 Å². The van der Waals surface area contributed by atoms with Crippen molar-refractivity contribution >= 4 is 6.09 Å². The molecule has 1 aromatic rings. The monoisotopic (exact) mass is 280 g/mol. The second-order valence-electron chi connectivity index (χ2n) is 6.31. The van der Waals surface area contributed by atoms with E-state index in [-0.39, 0.29) is 18.2 Å². The molecule has 1 aromatic heterocycles. The van der Waals surface area contributed by atoms with E-state index in [9.17, 15) is 4.79 Å². The predicted molar refractivity (Wildman–Crippen MR) is 76.4 cm³/mol. The third-order valence-electron chi connectivity index (χ3n) is 3.25. The minimum absolute atomic E-state index is 0.138. The summed E-state index contributed by atoms with van der Waals surface area (Å²) in [6.45, 7) is 9.85. The number of hydrogen-bond acceptors (Lipinski definition) is 4. The van der Waals surface area contributed by atoms with Gasteiger partial charge in [-0.3, -0.25) is 4.68 Å². The van der Waals surface area contributed by atoms with E-state index in [4.69, 9.17) is 4.74 Å². The molecule has 0 bridgehead atoms. The molecule has 0 unspecified atom stereocenters. The molecule has 1 aliphatic rings. The number of ether oxygens (including phenoxy) is 1. The van der Waals surface area contributed by atoms with E-state index in [1.54, 1.807) is 11.1 Å². The molecule has 2 atom stereocenters. The molecule has 0 spiro atoms. The summed E-state index contributed by atoms with van der Waals surface area (Å²) < 4.78 is 7.34. The number of carbonyl (C=O) groups is 1. The molecular formula is C14H24N4O2. The van der Waals surface area contributed by atoms with Crippen molar-refractivity contribution in [3.63, 3.8) is 0 Å². The maximum absolute atomic E-state index is 12.2. The number of piperazine rings is 1. The van der Waals surface area contributed by atoms with Gasteiger partial charge >= 0.3 is 6.09 Å². The molecule has 6 heteroatoms. The fourth-order valence-corrected chi connectivity index (χ4v) is 2.26. The van der Waals surface area contributed by atoms with Crippen LogP contribution in [0, 0.1) is 0 Å². The first-order chi connectivity index (χ1) is 9.35. The fourth-order valence-electron chi connectivity index (χ4n) is 2.26. The lowest BCUT2D eigenvalue weighted by Gasteiger charge is -2.39. The molecule has 1 aliphatic heterocycles. The Kier molecular flexibility index (Phi) is 4.32. The highest BCUT2D eigenvalue weighted by atomic mass is 16.6. The average molecular weight is 280 g/mol. The molecule has 0 radical (unpaired) electrons. The molecule has 1 N–H and O–H groups in total. The van der Waals surface area contributed by atoms with Crippen LogP contribution in [-0.4, -0.2) is 51.5 Å². The normalized spacial score (nSPS) is 23.7. The average Bonchev–Trinajstić information content (AvgIpc) is 2.82. The molecule has 0 aromatic carbocycles. The molecule has 2 rings (SSSR count). The Morgan fingerprint density at radius 2 is 2.25 bits per heavy atom. The van der Waals surface area contributed by atoms with Gasteiger partial charge in [0.2, 0.25) is 0 Å². The van der Waals surface area contributed by atoms with Gasteiger partial charge in [-0.05, 0) is 33.8 Å². The lowest BCUT2D eigenvalue weighted by Crippen LogP contribution is -2.59. The van der Waals surface area contributed by atoms with Gasteiger partial charge in [0.1, 0.15) is 5.60 Å². The van der Waals surface area contributed by atoms with Crippen LogP contribution in [0.1, 0.15) is 27.7 Å². The summed E-state index contributed by atoms with van der Waals surface area (Å²) in [5.41, 5.74) is -0.459. The van der Waals surface area contributed by atoms with Gasteiger partial charge in [-0.1, -0.05) is 0 Å². The summed E-state index contributed by atoms with van der Waals surface area (Å²) in [7, 11) is 0. The van der Waals surface area contributed by atoms with Crippen molar-refractivity contribution in [1.29, 1.82) is 0 Å². The Morgan fingerprint density at radius 3 is 2.85 bits per heavy atom. The predicted octanol–water partition coefficient (Wildman–Crippen LogP) is 1.48. The molecule has 1 fully saturated rings. The van der Waals surface area contributed by atoms with E-state index >= 15 is 0 Å². The van der Waals surface area contributed by atoms with E-state index in [2.05, 4.69) is 10.4 Å². The van der Waals surface area contributed by atoms with Crippen molar-refractivity contribution in [1.82, 2.24) is 20.0 Å². The van der Waals surface area contributed by atoms with Crippen LogP contribution in [0.4, 0.5) is 4.79 Å². The van der Waals surface area contributed by atoms with E-state index in [0.29, 0.717) is 6.54 Å². The van der Waals surface area contributed by atoms with E-state index in [1.165, 1.54) is 0 Å². The van der Waals surface area contributed by atoms with Crippen molar-refractivity contribution in [3.05, 3.63) is 18.5 Å². The van der Waals surface area contributed by atoms with Gasteiger partial charge in [-0.25, -0.2) is 4.79 Å². The fraction of sp³-hybridized carbons (Fsp3) is 0.714. The van der Waals surface area contributed by atoms with E-state index in [0.717, 1.165) is 13.1 Å². The van der Waals surface area contributed by atoms with Crippen LogP contribution in [-0.2, 0) is 11.3 Å². The minimum Gasteiger partial charge on any atom is -0.444 e. The smallest absolute Gasteiger partial charge is 0.410 e. The van der Waals surface area contributed by atoms with Crippen LogP contribution >= 0.6 is 0 Å². The number of nitrogens with zero attached hydrogens (tertiary/aromatic N) is 3. The van der Waals surface area contributed by atoms with Crippen molar-refractivity contribution in [2.24, 2.45) is 0 Å². The van der Waals surface area contributed by atoms with Gasteiger partial charge in [-0.2, -0.15) is 5.10 Å². The molecule has 112 valence electrons. The highest BCUT2D eigenvalue weighted by Crippen LogP contribution is 2.15. The zero-order chi connectivity index (χ0) is 14.8. The van der Waals surface area contributed by atoms with Crippen molar-refractivity contribution in [2.75, 3.05) is 13.1 Å². The van der Waals surface area contributed by atoms with Crippen LogP contribution in [0.3, 0.4) is 0 Å². The number of hydrogen-bond donors (Lipinski definition) is 1. The van der Waals surface area contributed by atoms with Gasteiger partial charge in [0.25, 0.3) is 0 Å². The number of nitrogens with one attached hydrogen (secondary N) is 1. The first-order valence-electron chi connectivity index (χ1n) is 7.05. The number of aromatic nitrogens is 2. The Morgan fingerprint density at radius 1 is 1.50 bits per heavy atom. The van der Waals surface area contributed by atoms with Gasteiger partial charge < -0.3 is 15.0 Å². The summed E-state index contributed by atoms with van der Waals surface area (Å²) in [6, 6.07) is 2.23. The number of carbonyl (C=O) groups excluding carboxylic acids is 1. The van der Waals surface area contributed by atoms with Crippen LogP contribution < -0.4 is 5.32 Å². The summed E-state index contributed by atoms with van der Waals surface area (Å²) in [5, 5.41) is 7.65. The van der Waals surface area contributed by atoms with Crippen LogP contribution in [0.5, 0.6) is 0 Å². The van der Waals surface area contributed by atoms with Crippen molar-refractivity contribution in [2.45, 2.75) is 51.9 Å². The topological polar surface area (TPSA) is 59.4 Å². The number of rotatable bonds is 2. The first kappa shape index (κ1) is 14.8. The molecular weight excluding hydrogens is 256 g/mol. The first-order valence-corrected chi connectivity index (χ1v) is 7.05. The summed E-state index contributed by atoms with van der Waals surface area (Å²) in [6.07, 6.45) is 3.45. The van der Waals surface area contributed by atoms with Crippen molar-refractivity contribution in [3.8, 4) is 0 Å². The maximum atomic E-state index is 12.2. The lowest BCUT2D eigenvalue weighted by atomic mass is 10.1. The molecule has 6 nitrogen and oxygen atoms in total. The largest absolute Gasteiger partial charge is 0.444 e. The number of amides is 1. The van der Waals surface area contributed by atoms with Gasteiger partial charge in [-0.15, -0.1) is 0 Å². The van der Waals surface area contributed by atoms with Crippen LogP contribution in [0.25, 0.3) is 0 Å². The molecule has 1 amide bonds. The zero-order valence-electron chi connectivity index (χ0n) is 12.7. The van der Waals surface area contributed by atoms with Crippen LogP contribution in [0.15, 0.2) is 18.5 Å². The van der Waals surface area contributed by atoms with E-state index < -0.39 is 5.60 Å². The highest BCUT2D eigenvalue weighted by Gasteiger charge is 2.31. The van der Waals surface area contributed by atoms with Gasteiger partial charge in [0, 0.05) is 37.6 Å². The Labute approximate surface area is 120 Å². The Bertz CT molecular complexity index is 439. The Hall–Kier alpha value is -1.56. The van der Waals surface area contributed by atoms with Crippen molar-refractivity contribution < 1.29 is 9.53 Å². The zero-order valence-corrected chi connectivity index (χ0v) is 12.7. The molecule has 1 saturated heterocycles. The second-order valence-corrected chi connectivity index (χ2v) is 6.31. The molecule has 2 heterocycles. The second kappa shape index (κ2) is 5.83. The van der Waals surface area contributed by atoms with Gasteiger partial charge in [0.15, 0.2) is 0 Å². The lowest BCUT2D eigenvalue weighted by molar-refractivity contribution is 0.00874. The SMILES string of the molecule is C[C@@H]1CN[C@@H](Cn2cccn2)CN1C(=O)OC(C)(C)C. The third kappa shape index (κ3) is 3.96. The third-order valence-corrected chi connectivity index (χ3v) is 3.25. The molecule has 0 saturated carbocycles.